The van der Waals surface area contributed by atoms with E-state index < -0.39 is 11.2 Å². The lowest BCUT2D eigenvalue weighted by molar-refractivity contribution is -0.0555. The van der Waals surface area contributed by atoms with Gasteiger partial charge in [-0.2, -0.15) is 24.9 Å². The van der Waals surface area contributed by atoms with Crippen LogP contribution in [0.15, 0.2) is 4.99 Å². The smallest absolute Gasteiger partial charge is 0.269 e. The Morgan fingerprint density at radius 3 is 2.75 bits per heavy atom. The SMILES string of the molecule is CSCC1CSC(C(F)(F)F)=N1. The number of rotatable bonds is 2. The number of aliphatic imine (C=N–C) groups is 1. The van der Waals surface area contributed by atoms with E-state index in [1.807, 2.05) is 6.26 Å². The monoisotopic (exact) mass is 215 g/mol. The van der Waals surface area contributed by atoms with Crippen LogP contribution >= 0.6 is 23.5 Å². The molecule has 1 rings (SSSR count). The molecule has 0 amide bonds. The van der Waals surface area contributed by atoms with Gasteiger partial charge in [0.25, 0.3) is 0 Å². The third-order valence-electron chi connectivity index (χ3n) is 1.31. The van der Waals surface area contributed by atoms with Crippen molar-refractivity contribution in [2.75, 3.05) is 17.8 Å². The molecule has 0 spiro atoms. The van der Waals surface area contributed by atoms with Gasteiger partial charge >= 0.3 is 6.18 Å². The molecule has 1 unspecified atom stereocenters. The first-order chi connectivity index (χ1) is 5.54. The fraction of sp³-hybridized carbons (Fsp3) is 0.833. The van der Waals surface area contributed by atoms with Gasteiger partial charge in [0.05, 0.1) is 6.04 Å². The zero-order chi connectivity index (χ0) is 9.19. The van der Waals surface area contributed by atoms with E-state index in [2.05, 4.69) is 4.99 Å². The summed E-state index contributed by atoms with van der Waals surface area (Å²) in [7, 11) is 0. The average Bonchev–Trinajstić information content (AvgIpc) is 2.35. The molecule has 0 fully saturated rings. The Balaban J connectivity index is 2.54. The normalized spacial score (nSPS) is 24.3. The van der Waals surface area contributed by atoms with Gasteiger partial charge in [-0.3, -0.25) is 4.99 Å². The number of hydrogen-bond acceptors (Lipinski definition) is 3. The van der Waals surface area contributed by atoms with Gasteiger partial charge in [0.1, 0.15) is 0 Å². The predicted molar refractivity (Wildman–Crippen MR) is 48.1 cm³/mol. The summed E-state index contributed by atoms with van der Waals surface area (Å²) in [5.41, 5.74) is 0. The summed E-state index contributed by atoms with van der Waals surface area (Å²) < 4.78 is 36.0. The van der Waals surface area contributed by atoms with Gasteiger partial charge in [-0.15, -0.1) is 0 Å². The molecule has 1 aliphatic heterocycles. The summed E-state index contributed by atoms with van der Waals surface area (Å²) >= 11 is 2.33. The van der Waals surface area contributed by atoms with Crippen LogP contribution < -0.4 is 0 Å². The molecule has 0 saturated heterocycles. The minimum absolute atomic E-state index is 0.151. The van der Waals surface area contributed by atoms with Crippen LogP contribution in [0.25, 0.3) is 0 Å². The van der Waals surface area contributed by atoms with Gasteiger partial charge in [-0.25, -0.2) is 0 Å². The van der Waals surface area contributed by atoms with Crippen LogP contribution in [0.1, 0.15) is 0 Å². The van der Waals surface area contributed by atoms with Crippen LogP contribution in [0.5, 0.6) is 0 Å². The summed E-state index contributed by atoms with van der Waals surface area (Å²) in [6, 6.07) is -0.151. The van der Waals surface area contributed by atoms with Gasteiger partial charge in [-0.05, 0) is 6.26 Å². The van der Waals surface area contributed by atoms with E-state index in [9.17, 15) is 13.2 Å². The Morgan fingerprint density at radius 2 is 2.33 bits per heavy atom. The Hall–Kier alpha value is 0.160. The molecule has 0 aromatic heterocycles. The number of hydrogen-bond donors (Lipinski definition) is 0. The van der Waals surface area contributed by atoms with E-state index in [4.69, 9.17) is 0 Å². The summed E-state index contributed by atoms with van der Waals surface area (Å²) in [5.74, 6) is 1.14. The highest BCUT2D eigenvalue weighted by Crippen LogP contribution is 2.31. The molecule has 0 bridgehead atoms. The Bertz CT molecular complexity index is 190. The predicted octanol–water partition coefficient (Wildman–Crippen LogP) is 2.43. The lowest BCUT2D eigenvalue weighted by Gasteiger charge is -2.02. The summed E-state index contributed by atoms with van der Waals surface area (Å²) in [6.45, 7) is 0. The van der Waals surface area contributed by atoms with Crippen LogP contribution in [0.2, 0.25) is 0 Å². The van der Waals surface area contributed by atoms with Gasteiger partial charge in [0.2, 0.25) is 0 Å². The summed E-state index contributed by atoms with van der Waals surface area (Å²) in [5, 5.41) is -0.665. The van der Waals surface area contributed by atoms with Crippen molar-refractivity contribution >= 4 is 28.6 Å². The Labute approximate surface area is 77.2 Å². The maximum absolute atomic E-state index is 12.0. The first kappa shape index (κ1) is 10.2. The maximum Gasteiger partial charge on any atom is 0.439 e. The molecule has 1 atom stereocenters. The highest BCUT2D eigenvalue weighted by atomic mass is 32.2. The van der Waals surface area contributed by atoms with Crippen molar-refractivity contribution in [2.45, 2.75) is 12.2 Å². The molecular weight excluding hydrogens is 207 g/mol. The van der Waals surface area contributed by atoms with Crippen LogP contribution in [-0.4, -0.2) is 35.0 Å². The second-order valence-corrected chi connectivity index (χ2v) is 4.27. The van der Waals surface area contributed by atoms with Gasteiger partial charge in [0.15, 0.2) is 5.04 Å². The molecule has 0 N–H and O–H groups in total. The molecule has 0 saturated carbocycles. The van der Waals surface area contributed by atoms with E-state index in [0.29, 0.717) is 11.5 Å². The third-order valence-corrected chi connectivity index (χ3v) is 3.19. The van der Waals surface area contributed by atoms with Gasteiger partial charge in [-0.1, -0.05) is 11.8 Å². The fourth-order valence-electron chi connectivity index (χ4n) is 0.848. The molecule has 6 heteroatoms. The second-order valence-electron chi connectivity index (χ2n) is 2.35. The molecule has 1 aliphatic rings. The van der Waals surface area contributed by atoms with E-state index in [1.54, 1.807) is 0 Å². The zero-order valence-electron chi connectivity index (χ0n) is 6.39. The maximum atomic E-state index is 12.0. The van der Waals surface area contributed by atoms with Gasteiger partial charge < -0.3 is 0 Å². The third kappa shape index (κ3) is 2.58. The standard InChI is InChI=1S/C6H8F3NS2/c1-11-2-4-3-12-5(10-4)6(7,8)9/h4H,2-3H2,1H3. The van der Waals surface area contributed by atoms with E-state index in [0.717, 1.165) is 11.8 Å². The molecule has 0 aromatic carbocycles. The van der Waals surface area contributed by atoms with Crippen LogP contribution in [0.3, 0.4) is 0 Å². The van der Waals surface area contributed by atoms with Crippen molar-refractivity contribution in [3.8, 4) is 0 Å². The zero-order valence-corrected chi connectivity index (χ0v) is 8.02. The molecule has 1 nitrogen and oxygen atoms in total. The summed E-state index contributed by atoms with van der Waals surface area (Å²) in [4.78, 5) is 3.58. The Morgan fingerprint density at radius 1 is 1.67 bits per heavy atom. The van der Waals surface area contributed by atoms with Crippen molar-refractivity contribution in [1.82, 2.24) is 0 Å². The molecule has 0 aliphatic carbocycles. The first-order valence-corrected chi connectivity index (χ1v) is 5.68. The Kier molecular flexibility index (Phi) is 3.34. The average molecular weight is 215 g/mol. The van der Waals surface area contributed by atoms with E-state index in [1.165, 1.54) is 11.8 Å². The number of nitrogens with zero attached hydrogens (tertiary/aromatic N) is 1. The lowest BCUT2D eigenvalue weighted by atomic mass is 10.4. The van der Waals surface area contributed by atoms with Crippen molar-refractivity contribution in [1.29, 1.82) is 0 Å². The molecular formula is C6H8F3NS2. The number of halogens is 3. The minimum Gasteiger partial charge on any atom is -0.269 e. The molecule has 0 radical (unpaired) electrons. The van der Waals surface area contributed by atoms with Crippen molar-refractivity contribution < 1.29 is 13.2 Å². The van der Waals surface area contributed by atoms with Crippen LogP contribution in [0.4, 0.5) is 13.2 Å². The second kappa shape index (κ2) is 3.91. The van der Waals surface area contributed by atoms with Crippen molar-refractivity contribution in [3.05, 3.63) is 0 Å². The number of alkyl halides is 3. The van der Waals surface area contributed by atoms with E-state index >= 15 is 0 Å². The molecule has 70 valence electrons. The topological polar surface area (TPSA) is 12.4 Å². The van der Waals surface area contributed by atoms with Crippen molar-refractivity contribution in [3.63, 3.8) is 0 Å². The highest BCUT2D eigenvalue weighted by molar-refractivity contribution is 8.14. The molecule has 12 heavy (non-hydrogen) atoms. The molecule has 1 heterocycles. The molecule has 0 aromatic rings. The lowest BCUT2D eigenvalue weighted by Crippen LogP contribution is -2.17. The number of thioether (sulfide) groups is 2. The largest absolute Gasteiger partial charge is 0.439 e. The highest BCUT2D eigenvalue weighted by Gasteiger charge is 2.39. The minimum atomic E-state index is -4.24. The van der Waals surface area contributed by atoms with E-state index in [-0.39, 0.29) is 6.04 Å². The first-order valence-electron chi connectivity index (χ1n) is 3.30. The van der Waals surface area contributed by atoms with Crippen LogP contribution in [-0.2, 0) is 0 Å². The quantitative estimate of drug-likeness (QED) is 0.701. The van der Waals surface area contributed by atoms with Gasteiger partial charge in [0, 0.05) is 11.5 Å². The summed E-state index contributed by atoms with van der Waals surface area (Å²) in [6.07, 6.45) is -2.37. The van der Waals surface area contributed by atoms with Crippen molar-refractivity contribution in [2.24, 2.45) is 4.99 Å². The fourth-order valence-corrected chi connectivity index (χ4v) is 2.50. The van der Waals surface area contributed by atoms with Crippen LogP contribution in [0, 0.1) is 0 Å².